The lowest BCUT2D eigenvalue weighted by Gasteiger charge is -2.05. The molecule has 0 aliphatic heterocycles. The molecule has 0 amide bonds. The van der Waals surface area contributed by atoms with Gasteiger partial charge in [-0.2, -0.15) is 0 Å². The fourth-order valence-corrected chi connectivity index (χ4v) is 2.35. The first-order chi connectivity index (χ1) is 8.72. The van der Waals surface area contributed by atoms with Gasteiger partial charge in [0, 0.05) is 10.4 Å². The second-order valence-corrected chi connectivity index (χ2v) is 4.53. The van der Waals surface area contributed by atoms with Crippen molar-refractivity contribution < 1.29 is 14.6 Å². The summed E-state index contributed by atoms with van der Waals surface area (Å²) >= 11 is 1.40. The van der Waals surface area contributed by atoms with Gasteiger partial charge in [0.1, 0.15) is 5.75 Å². The van der Waals surface area contributed by atoms with E-state index in [-0.39, 0.29) is 5.57 Å². The number of hydrogen-bond donors (Lipinski definition) is 1. The number of methoxy groups -OCH3 is 1. The number of thiophene rings is 1. The summed E-state index contributed by atoms with van der Waals surface area (Å²) in [5.74, 6) is -0.281. The van der Waals surface area contributed by atoms with E-state index in [1.165, 1.54) is 11.3 Å². The zero-order valence-corrected chi connectivity index (χ0v) is 10.6. The maximum Gasteiger partial charge on any atom is 0.337 e. The van der Waals surface area contributed by atoms with E-state index in [0.717, 1.165) is 10.4 Å². The highest BCUT2D eigenvalue weighted by molar-refractivity contribution is 7.11. The molecule has 0 saturated heterocycles. The number of carboxylic acid groups (broad SMARTS) is 1. The van der Waals surface area contributed by atoms with Crippen LogP contribution in [-0.2, 0) is 4.79 Å². The zero-order valence-electron chi connectivity index (χ0n) is 9.79. The number of carbonyl (C=O) groups is 1. The molecular weight excluding hydrogens is 248 g/mol. The maximum atomic E-state index is 11.3. The largest absolute Gasteiger partial charge is 0.496 e. The predicted octanol–water partition coefficient (Wildman–Crippen LogP) is 3.38. The van der Waals surface area contributed by atoms with Crippen molar-refractivity contribution in [2.24, 2.45) is 0 Å². The Balaban J connectivity index is 2.49. The van der Waals surface area contributed by atoms with Crippen LogP contribution in [0.1, 0.15) is 10.4 Å². The van der Waals surface area contributed by atoms with Gasteiger partial charge in [-0.3, -0.25) is 0 Å². The second kappa shape index (κ2) is 5.51. The Morgan fingerprint density at radius 2 is 2.06 bits per heavy atom. The van der Waals surface area contributed by atoms with Gasteiger partial charge in [0.25, 0.3) is 0 Å². The Hall–Kier alpha value is -2.07. The molecular formula is C14H12O3S. The topological polar surface area (TPSA) is 46.5 Å². The molecule has 18 heavy (non-hydrogen) atoms. The zero-order chi connectivity index (χ0) is 13.0. The van der Waals surface area contributed by atoms with Crippen molar-refractivity contribution in [1.29, 1.82) is 0 Å². The lowest BCUT2D eigenvalue weighted by atomic mass is 10.1. The van der Waals surface area contributed by atoms with E-state index in [9.17, 15) is 9.90 Å². The highest BCUT2D eigenvalue weighted by Crippen LogP contribution is 2.27. The summed E-state index contributed by atoms with van der Waals surface area (Å²) in [5.41, 5.74) is 1.03. The van der Waals surface area contributed by atoms with Gasteiger partial charge >= 0.3 is 5.97 Å². The van der Waals surface area contributed by atoms with Gasteiger partial charge in [0.2, 0.25) is 0 Å². The minimum Gasteiger partial charge on any atom is -0.496 e. The molecule has 1 heterocycles. The first-order valence-corrected chi connectivity index (χ1v) is 6.22. The fraction of sp³-hybridized carbons (Fsp3) is 0.0714. The lowest BCUT2D eigenvalue weighted by Crippen LogP contribution is -1.98. The molecule has 0 spiro atoms. The monoisotopic (exact) mass is 260 g/mol. The maximum absolute atomic E-state index is 11.3. The Bertz CT molecular complexity index is 570. The van der Waals surface area contributed by atoms with Gasteiger partial charge in [0.15, 0.2) is 0 Å². The molecule has 92 valence electrons. The smallest absolute Gasteiger partial charge is 0.337 e. The summed E-state index contributed by atoms with van der Waals surface area (Å²) in [7, 11) is 1.57. The molecule has 2 aromatic rings. The summed E-state index contributed by atoms with van der Waals surface area (Å²) in [4.78, 5) is 12.0. The van der Waals surface area contributed by atoms with E-state index >= 15 is 0 Å². The molecule has 1 N–H and O–H groups in total. The molecule has 0 fully saturated rings. The normalized spacial score (nSPS) is 11.3. The molecule has 1 aromatic heterocycles. The second-order valence-electron chi connectivity index (χ2n) is 3.58. The van der Waals surface area contributed by atoms with Crippen LogP contribution < -0.4 is 4.74 Å². The van der Waals surface area contributed by atoms with Crippen molar-refractivity contribution in [3.63, 3.8) is 0 Å². The lowest BCUT2D eigenvalue weighted by molar-refractivity contribution is -0.130. The molecule has 0 radical (unpaired) electrons. The summed E-state index contributed by atoms with van der Waals surface area (Å²) in [5, 5.41) is 11.1. The van der Waals surface area contributed by atoms with Crippen LogP contribution in [0.25, 0.3) is 11.6 Å². The molecule has 3 nitrogen and oxygen atoms in total. The Labute approximate surface area is 109 Å². The average molecular weight is 260 g/mol. The van der Waals surface area contributed by atoms with Gasteiger partial charge in [0.05, 0.1) is 12.7 Å². The van der Waals surface area contributed by atoms with Crippen molar-refractivity contribution in [3.05, 3.63) is 52.2 Å². The molecule has 1 aromatic carbocycles. The minimum absolute atomic E-state index is 0.273. The Morgan fingerprint density at radius 3 is 2.67 bits per heavy atom. The molecule has 4 heteroatoms. The Morgan fingerprint density at radius 1 is 1.28 bits per heavy atom. The molecule has 2 rings (SSSR count). The van der Waals surface area contributed by atoms with E-state index in [0.29, 0.717) is 5.75 Å². The van der Waals surface area contributed by atoms with Crippen LogP contribution >= 0.6 is 11.3 Å². The number of para-hydroxylation sites is 1. The number of hydrogen-bond acceptors (Lipinski definition) is 3. The Kier molecular flexibility index (Phi) is 3.79. The number of carboxylic acids is 1. The van der Waals surface area contributed by atoms with E-state index in [2.05, 4.69) is 0 Å². The van der Waals surface area contributed by atoms with Crippen LogP contribution in [0.3, 0.4) is 0 Å². The third kappa shape index (κ3) is 2.60. The van der Waals surface area contributed by atoms with Crippen molar-refractivity contribution in [1.82, 2.24) is 0 Å². The van der Waals surface area contributed by atoms with Gasteiger partial charge in [-0.05, 0) is 23.6 Å². The van der Waals surface area contributed by atoms with Gasteiger partial charge in [-0.1, -0.05) is 24.3 Å². The standard InChI is InChI=1S/C14H12O3S/c1-17-12-6-3-2-5-10(12)9-11(14(15)16)13-7-4-8-18-13/h2-9H,1H3,(H,15,16)/b11-9+. The minimum atomic E-state index is -0.941. The van der Waals surface area contributed by atoms with Crippen LogP contribution in [0.5, 0.6) is 5.75 Å². The van der Waals surface area contributed by atoms with Crippen molar-refractivity contribution in [2.45, 2.75) is 0 Å². The first kappa shape index (κ1) is 12.4. The summed E-state index contributed by atoms with van der Waals surface area (Å²) in [6.07, 6.45) is 1.63. The van der Waals surface area contributed by atoms with Crippen LogP contribution in [0, 0.1) is 0 Å². The third-order valence-electron chi connectivity index (χ3n) is 2.46. The molecule has 0 unspecified atom stereocenters. The van der Waals surface area contributed by atoms with Crippen molar-refractivity contribution >= 4 is 29.0 Å². The number of aliphatic carboxylic acids is 1. The van der Waals surface area contributed by atoms with Gasteiger partial charge in [-0.15, -0.1) is 11.3 Å². The third-order valence-corrected chi connectivity index (χ3v) is 3.36. The van der Waals surface area contributed by atoms with E-state index in [4.69, 9.17) is 4.74 Å². The van der Waals surface area contributed by atoms with Crippen LogP contribution in [0.4, 0.5) is 0 Å². The molecule has 0 saturated carbocycles. The average Bonchev–Trinajstić information content (AvgIpc) is 2.89. The van der Waals surface area contributed by atoms with Crippen LogP contribution in [0.15, 0.2) is 41.8 Å². The molecule has 0 aliphatic rings. The number of ether oxygens (including phenoxy) is 1. The van der Waals surface area contributed by atoms with Crippen molar-refractivity contribution in [3.8, 4) is 5.75 Å². The van der Waals surface area contributed by atoms with Crippen molar-refractivity contribution in [2.75, 3.05) is 7.11 Å². The molecule has 0 atom stereocenters. The molecule has 0 aliphatic carbocycles. The predicted molar refractivity (Wildman–Crippen MR) is 72.8 cm³/mol. The highest BCUT2D eigenvalue weighted by Gasteiger charge is 2.12. The van der Waals surface area contributed by atoms with E-state index in [1.54, 1.807) is 25.3 Å². The highest BCUT2D eigenvalue weighted by atomic mass is 32.1. The number of rotatable bonds is 4. The summed E-state index contributed by atoms with van der Waals surface area (Å²) in [6.45, 7) is 0. The summed E-state index contributed by atoms with van der Waals surface area (Å²) < 4.78 is 5.21. The van der Waals surface area contributed by atoms with E-state index in [1.807, 2.05) is 29.6 Å². The molecule has 0 bridgehead atoms. The summed E-state index contributed by atoms with van der Waals surface area (Å²) in [6, 6.07) is 11.0. The fourth-order valence-electron chi connectivity index (χ4n) is 1.61. The van der Waals surface area contributed by atoms with Crippen LogP contribution in [-0.4, -0.2) is 18.2 Å². The SMILES string of the molecule is COc1ccccc1/C=C(/C(=O)O)c1cccs1. The van der Waals surface area contributed by atoms with Crippen LogP contribution in [0.2, 0.25) is 0 Å². The van der Waals surface area contributed by atoms with E-state index < -0.39 is 5.97 Å². The quantitative estimate of drug-likeness (QED) is 0.857. The first-order valence-electron chi connectivity index (χ1n) is 5.34. The number of benzene rings is 1. The van der Waals surface area contributed by atoms with Gasteiger partial charge in [-0.25, -0.2) is 4.79 Å². The van der Waals surface area contributed by atoms with Gasteiger partial charge < -0.3 is 9.84 Å².